The largest absolute Gasteiger partial charge is 0.444 e. The zero-order chi connectivity index (χ0) is 18.6. The molecular weight excluding hydrogens is 340 g/mol. The Kier molecular flexibility index (Phi) is 6.77. The number of likely N-dealkylation sites (tertiary alicyclic amines) is 2. The number of thioether (sulfide) groups is 1. The molecule has 6 nitrogen and oxygen atoms in total. The Morgan fingerprint density at radius 2 is 1.96 bits per heavy atom. The lowest BCUT2D eigenvalue weighted by molar-refractivity contribution is -0.130. The second-order valence-electron chi connectivity index (χ2n) is 7.99. The van der Waals surface area contributed by atoms with E-state index >= 15 is 0 Å². The van der Waals surface area contributed by atoms with E-state index in [4.69, 9.17) is 4.74 Å². The molecule has 142 valence electrons. The van der Waals surface area contributed by atoms with Crippen LogP contribution in [0.2, 0.25) is 0 Å². The van der Waals surface area contributed by atoms with E-state index in [9.17, 15) is 14.4 Å². The van der Waals surface area contributed by atoms with Crippen LogP contribution in [0.25, 0.3) is 0 Å². The molecular formula is C18H30N2O4S. The first kappa shape index (κ1) is 20.1. The van der Waals surface area contributed by atoms with Crippen molar-refractivity contribution in [3.8, 4) is 0 Å². The van der Waals surface area contributed by atoms with Gasteiger partial charge in [0.05, 0.1) is 0 Å². The van der Waals surface area contributed by atoms with Gasteiger partial charge in [-0.05, 0) is 46.0 Å². The molecule has 0 spiro atoms. The van der Waals surface area contributed by atoms with Crippen LogP contribution in [0.1, 0.15) is 53.4 Å². The maximum Gasteiger partial charge on any atom is 0.410 e. The van der Waals surface area contributed by atoms with E-state index in [0.717, 1.165) is 19.3 Å². The zero-order valence-electron chi connectivity index (χ0n) is 15.7. The van der Waals surface area contributed by atoms with Gasteiger partial charge in [0.1, 0.15) is 5.60 Å². The summed E-state index contributed by atoms with van der Waals surface area (Å²) < 4.78 is 5.50. The van der Waals surface area contributed by atoms with Crippen molar-refractivity contribution in [1.82, 2.24) is 9.80 Å². The summed E-state index contributed by atoms with van der Waals surface area (Å²) in [7, 11) is 0. The Balaban J connectivity index is 1.97. The number of nitrogens with zero attached hydrogens (tertiary/aromatic N) is 2. The molecule has 2 aliphatic heterocycles. The van der Waals surface area contributed by atoms with Crippen molar-refractivity contribution in [2.24, 2.45) is 5.92 Å². The lowest BCUT2D eigenvalue weighted by Crippen LogP contribution is -2.46. The maximum absolute atomic E-state index is 12.4. The Morgan fingerprint density at radius 3 is 2.60 bits per heavy atom. The Bertz CT molecular complexity index is 518. The van der Waals surface area contributed by atoms with Gasteiger partial charge in [-0.15, -0.1) is 0 Å². The quantitative estimate of drug-likeness (QED) is 0.764. The molecule has 0 aliphatic carbocycles. The van der Waals surface area contributed by atoms with Gasteiger partial charge in [0.2, 0.25) is 5.91 Å². The van der Waals surface area contributed by atoms with Crippen LogP contribution in [-0.2, 0) is 14.3 Å². The normalized spacial score (nSPS) is 25.0. The van der Waals surface area contributed by atoms with Crippen LogP contribution in [-0.4, -0.2) is 63.9 Å². The molecule has 2 amide bonds. The molecule has 2 unspecified atom stereocenters. The molecule has 2 rings (SSSR count). The van der Waals surface area contributed by atoms with Gasteiger partial charge in [-0.2, -0.15) is 0 Å². The molecule has 0 radical (unpaired) electrons. The number of carbonyl (C=O) groups excluding carboxylic acids is 3. The van der Waals surface area contributed by atoms with Crippen molar-refractivity contribution in [3.63, 3.8) is 0 Å². The van der Waals surface area contributed by atoms with Gasteiger partial charge in [0.15, 0.2) is 5.12 Å². The van der Waals surface area contributed by atoms with Crippen molar-refractivity contribution in [3.05, 3.63) is 0 Å². The van der Waals surface area contributed by atoms with Gasteiger partial charge < -0.3 is 14.5 Å². The van der Waals surface area contributed by atoms with Crippen LogP contribution in [0.3, 0.4) is 0 Å². The highest BCUT2D eigenvalue weighted by Gasteiger charge is 2.37. The van der Waals surface area contributed by atoms with Crippen LogP contribution in [0.15, 0.2) is 0 Å². The van der Waals surface area contributed by atoms with E-state index < -0.39 is 5.60 Å². The SMILES string of the molecule is CC(=O)SCC1CC(=O)N(C2CCCCN(C(=O)OC(C)(C)C)C2)C1. The van der Waals surface area contributed by atoms with Crippen LogP contribution in [0.4, 0.5) is 4.79 Å². The molecule has 0 aromatic rings. The van der Waals surface area contributed by atoms with E-state index in [2.05, 4.69) is 0 Å². The number of amides is 2. The molecule has 2 heterocycles. The molecule has 2 fully saturated rings. The highest BCUT2D eigenvalue weighted by Crippen LogP contribution is 2.27. The summed E-state index contributed by atoms with van der Waals surface area (Å²) in [6.45, 7) is 9.05. The van der Waals surface area contributed by atoms with E-state index in [1.165, 1.54) is 11.8 Å². The molecule has 0 N–H and O–H groups in total. The molecule has 7 heteroatoms. The predicted molar refractivity (Wildman–Crippen MR) is 98.4 cm³/mol. The fourth-order valence-electron chi connectivity index (χ4n) is 3.37. The lowest BCUT2D eigenvalue weighted by Gasteiger charge is -2.32. The summed E-state index contributed by atoms with van der Waals surface area (Å²) in [4.78, 5) is 39.7. The highest BCUT2D eigenvalue weighted by molar-refractivity contribution is 8.13. The molecule has 0 saturated carbocycles. The summed E-state index contributed by atoms with van der Waals surface area (Å²) in [5.74, 6) is 1.06. The number of hydrogen-bond donors (Lipinski definition) is 0. The van der Waals surface area contributed by atoms with Crippen LogP contribution in [0, 0.1) is 5.92 Å². The number of ether oxygens (including phenoxy) is 1. The summed E-state index contributed by atoms with van der Waals surface area (Å²) in [6, 6.07) is 0.0508. The fraction of sp³-hybridized carbons (Fsp3) is 0.833. The maximum atomic E-state index is 12.4. The molecule has 0 bridgehead atoms. The van der Waals surface area contributed by atoms with Gasteiger partial charge in [-0.3, -0.25) is 9.59 Å². The predicted octanol–water partition coefficient (Wildman–Crippen LogP) is 2.90. The first-order chi connectivity index (χ1) is 11.7. The monoisotopic (exact) mass is 370 g/mol. The van der Waals surface area contributed by atoms with Gasteiger partial charge in [-0.1, -0.05) is 11.8 Å². The number of carbonyl (C=O) groups is 3. The van der Waals surface area contributed by atoms with Crippen molar-refractivity contribution in [1.29, 1.82) is 0 Å². The van der Waals surface area contributed by atoms with Crippen molar-refractivity contribution in [2.75, 3.05) is 25.4 Å². The fourth-order valence-corrected chi connectivity index (χ4v) is 4.07. The van der Waals surface area contributed by atoms with Crippen LogP contribution in [0.5, 0.6) is 0 Å². The smallest absolute Gasteiger partial charge is 0.410 e. The van der Waals surface area contributed by atoms with Gasteiger partial charge >= 0.3 is 6.09 Å². The third-order valence-corrected chi connectivity index (χ3v) is 5.54. The number of hydrogen-bond acceptors (Lipinski definition) is 5. The molecule has 2 aliphatic rings. The molecule has 0 aromatic heterocycles. The minimum atomic E-state index is -0.517. The second kappa shape index (κ2) is 8.43. The third-order valence-electron chi connectivity index (χ3n) is 4.50. The molecule has 2 saturated heterocycles. The van der Waals surface area contributed by atoms with Crippen LogP contribution >= 0.6 is 11.8 Å². The summed E-state index contributed by atoms with van der Waals surface area (Å²) in [5, 5.41) is 0.0940. The lowest BCUT2D eigenvalue weighted by atomic mass is 10.1. The zero-order valence-corrected chi connectivity index (χ0v) is 16.6. The Labute approximate surface area is 154 Å². The van der Waals surface area contributed by atoms with Gasteiger partial charge in [0.25, 0.3) is 0 Å². The van der Waals surface area contributed by atoms with Crippen LogP contribution < -0.4 is 0 Å². The Morgan fingerprint density at radius 1 is 1.24 bits per heavy atom. The van der Waals surface area contributed by atoms with Gasteiger partial charge in [-0.25, -0.2) is 4.79 Å². The average Bonchev–Trinajstić information content (AvgIpc) is 2.70. The third kappa shape index (κ3) is 6.20. The summed E-state index contributed by atoms with van der Waals surface area (Å²) in [6.07, 6.45) is 3.05. The average molecular weight is 371 g/mol. The van der Waals surface area contributed by atoms with Crippen molar-refractivity contribution in [2.45, 2.75) is 65.0 Å². The van der Waals surface area contributed by atoms with E-state index in [1.54, 1.807) is 11.8 Å². The molecule has 25 heavy (non-hydrogen) atoms. The van der Waals surface area contributed by atoms with Crippen molar-refractivity contribution < 1.29 is 19.1 Å². The first-order valence-electron chi connectivity index (χ1n) is 9.06. The van der Waals surface area contributed by atoms with Gasteiger partial charge in [0, 0.05) is 44.8 Å². The number of rotatable bonds is 3. The first-order valence-corrected chi connectivity index (χ1v) is 10.0. The Hall–Kier alpha value is -1.24. The second-order valence-corrected chi connectivity index (χ2v) is 9.19. The minimum absolute atomic E-state index is 0.0508. The van der Waals surface area contributed by atoms with Crippen molar-refractivity contribution >= 4 is 28.9 Å². The minimum Gasteiger partial charge on any atom is -0.444 e. The summed E-state index contributed by atoms with van der Waals surface area (Å²) in [5.41, 5.74) is -0.517. The molecule has 0 aromatic carbocycles. The standard InChI is InChI=1S/C18H30N2O4S/c1-13(21)25-12-14-9-16(22)20(10-14)15-7-5-6-8-19(11-15)17(23)24-18(2,3)4/h14-15H,5-12H2,1-4H3. The summed E-state index contributed by atoms with van der Waals surface area (Å²) >= 11 is 1.29. The molecule has 2 atom stereocenters. The van der Waals surface area contributed by atoms with E-state index in [-0.39, 0.29) is 29.1 Å². The highest BCUT2D eigenvalue weighted by atomic mass is 32.2. The van der Waals surface area contributed by atoms with E-state index in [0.29, 0.717) is 31.8 Å². The topological polar surface area (TPSA) is 66.9 Å². The van der Waals surface area contributed by atoms with E-state index in [1.807, 2.05) is 25.7 Å².